The van der Waals surface area contributed by atoms with Gasteiger partial charge in [0.15, 0.2) is 0 Å². The standard InChI is InChI=1S/C29H33Cl2N3O4S/c1-5-21(3)32-29(36)22(4)33(18-23-13-16-26(30)27(31)17-23)28(35)19-34(24-14-11-20(2)12-15-24)39(37,38)25-9-7-6-8-10-25/h6-17,21-22H,5,18-19H2,1-4H3,(H,32,36). The maximum atomic E-state index is 13.9. The lowest BCUT2D eigenvalue weighted by Crippen LogP contribution is -2.52. The molecule has 208 valence electrons. The highest BCUT2D eigenvalue weighted by Gasteiger charge is 2.32. The van der Waals surface area contributed by atoms with E-state index in [4.69, 9.17) is 23.2 Å². The van der Waals surface area contributed by atoms with Crippen molar-refractivity contribution >= 4 is 50.7 Å². The minimum atomic E-state index is -4.10. The number of hydrogen-bond donors (Lipinski definition) is 1. The van der Waals surface area contributed by atoms with Crippen LogP contribution in [0.4, 0.5) is 5.69 Å². The Morgan fingerprint density at radius 1 is 0.923 bits per heavy atom. The molecule has 0 bridgehead atoms. The molecule has 39 heavy (non-hydrogen) atoms. The first-order valence-electron chi connectivity index (χ1n) is 12.6. The number of nitrogens with one attached hydrogen (secondary N) is 1. The number of anilines is 1. The summed E-state index contributed by atoms with van der Waals surface area (Å²) in [4.78, 5) is 28.4. The Morgan fingerprint density at radius 3 is 2.15 bits per heavy atom. The molecule has 0 fully saturated rings. The first kappa shape index (κ1) is 30.5. The van der Waals surface area contributed by atoms with Crippen molar-refractivity contribution in [3.8, 4) is 0 Å². The molecule has 3 aromatic carbocycles. The molecule has 0 aliphatic heterocycles. The molecule has 0 aliphatic rings. The summed E-state index contributed by atoms with van der Waals surface area (Å²) in [6, 6.07) is 18.8. The Balaban J connectivity index is 2.02. The largest absolute Gasteiger partial charge is 0.352 e. The second-order valence-electron chi connectivity index (χ2n) is 9.42. The van der Waals surface area contributed by atoms with E-state index in [1.54, 1.807) is 67.6 Å². The van der Waals surface area contributed by atoms with E-state index in [-0.39, 0.29) is 23.4 Å². The molecule has 3 aromatic rings. The van der Waals surface area contributed by atoms with Crippen LogP contribution in [-0.2, 0) is 26.2 Å². The number of carbonyl (C=O) groups excluding carboxylic acids is 2. The highest BCUT2D eigenvalue weighted by Crippen LogP contribution is 2.26. The summed E-state index contributed by atoms with van der Waals surface area (Å²) in [5.74, 6) is -0.890. The van der Waals surface area contributed by atoms with Crippen LogP contribution in [0.3, 0.4) is 0 Å². The molecule has 7 nitrogen and oxygen atoms in total. The van der Waals surface area contributed by atoms with Crippen molar-refractivity contribution in [3.05, 3.63) is 94.0 Å². The Labute approximate surface area is 240 Å². The van der Waals surface area contributed by atoms with E-state index < -0.39 is 28.5 Å². The molecule has 0 spiro atoms. The normalized spacial score (nSPS) is 12.9. The molecule has 0 saturated carbocycles. The number of rotatable bonds is 11. The zero-order valence-electron chi connectivity index (χ0n) is 22.4. The molecule has 10 heteroatoms. The van der Waals surface area contributed by atoms with Crippen LogP contribution in [0.5, 0.6) is 0 Å². The first-order chi connectivity index (χ1) is 18.4. The van der Waals surface area contributed by atoms with E-state index in [0.29, 0.717) is 21.3 Å². The Morgan fingerprint density at radius 2 is 1.56 bits per heavy atom. The number of halogens is 2. The lowest BCUT2D eigenvalue weighted by atomic mass is 10.1. The molecule has 0 saturated heterocycles. The van der Waals surface area contributed by atoms with Crippen molar-refractivity contribution in [1.82, 2.24) is 10.2 Å². The van der Waals surface area contributed by atoms with Crippen molar-refractivity contribution in [2.75, 3.05) is 10.8 Å². The number of hydrogen-bond acceptors (Lipinski definition) is 4. The second kappa shape index (κ2) is 13.3. The minimum absolute atomic E-state index is 0.0257. The van der Waals surface area contributed by atoms with Gasteiger partial charge in [0.05, 0.1) is 20.6 Å². The molecule has 2 unspecified atom stereocenters. The number of aryl methyl sites for hydroxylation is 1. The fourth-order valence-electron chi connectivity index (χ4n) is 3.84. The van der Waals surface area contributed by atoms with Crippen LogP contribution in [0, 0.1) is 6.92 Å². The summed E-state index contributed by atoms with van der Waals surface area (Å²) in [5, 5.41) is 3.58. The van der Waals surface area contributed by atoms with Gasteiger partial charge in [-0.2, -0.15) is 0 Å². The van der Waals surface area contributed by atoms with Crippen molar-refractivity contribution in [3.63, 3.8) is 0 Å². The highest BCUT2D eigenvalue weighted by atomic mass is 35.5. The minimum Gasteiger partial charge on any atom is -0.352 e. The van der Waals surface area contributed by atoms with Gasteiger partial charge in [0.25, 0.3) is 10.0 Å². The molecule has 0 aromatic heterocycles. The highest BCUT2D eigenvalue weighted by molar-refractivity contribution is 7.92. The van der Waals surface area contributed by atoms with E-state index in [1.807, 2.05) is 20.8 Å². The summed E-state index contributed by atoms with van der Waals surface area (Å²) in [6.45, 7) is 6.85. The third-order valence-electron chi connectivity index (χ3n) is 6.44. The molecular formula is C29H33Cl2N3O4S. The van der Waals surface area contributed by atoms with Crippen LogP contribution >= 0.6 is 23.2 Å². The third kappa shape index (κ3) is 7.75. The molecule has 0 radical (unpaired) electrons. The monoisotopic (exact) mass is 589 g/mol. The molecule has 3 rings (SSSR count). The lowest BCUT2D eigenvalue weighted by molar-refractivity contribution is -0.139. The Hall–Kier alpha value is -3.07. The summed E-state index contributed by atoms with van der Waals surface area (Å²) in [7, 11) is -4.10. The quantitative estimate of drug-likeness (QED) is 0.305. The molecule has 0 heterocycles. The maximum absolute atomic E-state index is 13.9. The van der Waals surface area contributed by atoms with Crippen molar-refractivity contribution < 1.29 is 18.0 Å². The van der Waals surface area contributed by atoms with Crippen molar-refractivity contribution in [1.29, 1.82) is 0 Å². The van der Waals surface area contributed by atoms with E-state index >= 15 is 0 Å². The van der Waals surface area contributed by atoms with Gasteiger partial charge in [0.2, 0.25) is 11.8 Å². The zero-order valence-corrected chi connectivity index (χ0v) is 24.7. The number of sulfonamides is 1. The van der Waals surface area contributed by atoms with Gasteiger partial charge in [0.1, 0.15) is 12.6 Å². The smallest absolute Gasteiger partial charge is 0.264 e. The number of benzene rings is 3. The number of amides is 2. The molecule has 0 aliphatic carbocycles. The van der Waals surface area contributed by atoms with Gasteiger partial charge in [-0.15, -0.1) is 0 Å². The predicted octanol–water partition coefficient (Wildman–Crippen LogP) is 5.83. The molecule has 2 atom stereocenters. The van der Waals surface area contributed by atoms with Gasteiger partial charge in [-0.25, -0.2) is 8.42 Å². The van der Waals surface area contributed by atoms with Crippen LogP contribution in [0.2, 0.25) is 10.0 Å². The fourth-order valence-corrected chi connectivity index (χ4v) is 5.60. The average molecular weight is 591 g/mol. The first-order valence-corrected chi connectivity index (χ1v) is 14.8. The fraction of sp³-hybridized carbons (Fsp3) is 0.310. The van der Waals surface area contributed by atoms with E-state index in [2.05, 4.69) is 5.32 Å². The number of nitrogens with zero attached hydrogens (tertiary/aromatic N) is 2. The predicted molar refractivity (Wildman–Crippen MR) is 157 cm³/mol. The van der Waals surface area contributed by atoms with E-state index in [1.165, 1.54) is 17.0 Å². The lowest BCUT2D eigenvalue weighted by Gasteiger charge is -2.32. The molecular weight excluding hydrogens is 557 g/mol. The number of carbonyl (C=O) groups is 2. The Kier molecular flexibility index (Phi) is 10.4. The maximum Gasteiger partial charge on any atom is 0.264 e. The second-order valence-corrected chi connectivity index (χ2v) is 12.1. The van der Waals surface area contributed by atoms with E-state index in [0.717, 1.165) is 16.3 Å². The SMILES string of the molecule is CCC(C)NC(=O)C(C)N(Cc1ccc(Cl)c(Cl)c1)C(=O)CN(c1ccc(C)cc1)S(=O)(=O)c1ccccc1. The topological polar surface area (TPSA) is 86.8 Å². The van der Waals surface area contributed by atoms with Crippen LogP contribution in [-0.4, -0.2) is 43.8 Å². The van der Waals surface area contributed by atoms with Gasteiger partial charge in [-0.05, 0) is 69.2 Å². The van der Waals surface area contributed by atoms with Crippen LogP contribution in [0.15, 0.2) is 77.7 Å². The average Bonchev–Trinajstić information content (AvgIpc) is 2.92. The summed E-state index contributed by atoms with van der Waals surface area (Å²) in [6.07, 6.45) is 0.718. The van der Waals surface area contributed by atoms with Gasteiger partial charge in [-0.1, -0.05) is 72.1 Å². The van der Waals surface area contributed by atoms with Crippen molar-refractivity contribution in [2.24, 2.45) is 0 Å². The van der Waals surface area contributed by atoms with Gasteiger partial charge < -0.3 is 10.2 Å². The van der Waals surface area contributed by atoms with Crippen molar-refractivity contribution in [2.45, 2.75) is 57.6 Å². The molecule has 2 amide bonds. The van der Waals surface area contributed by atoms with Gasteiger partial charge in [-0.3, -0.25) is 13.9 Å². The van der Waals surface area contributed by atoms with Crippen LogP contribution in [0.25, 0.3) is 0 Å². The third-order valence-corrected chi connectivity index (χ3v) is 8.96. The van der Waals surface area contributed by atoms with Gasteiger partial charge in [0, 0.05) is 12.6 Å². The van der Waals surface area contributed by atoms with Gasteiger partial charge >= 0.3 is 0 Å². The molecule has 1 N–H and O–H groups in total. The summed E-state index contributed by atoms with van der Waals surface area (Å²) in [5.41, 5.74) is 1.93. The summed E-state index contributed by atoms with van der Waals surface area (Å²) < 4.78 is 28.6. The zero-order chi connectivity index (χ0) is 28.7. The van der Waals surface area contributed by atoms with Crippen LogP contribution in [0.1, 0.15) is 38.3 Å². The van der Waals surface area contributed by atoms with Crippen LogP contribution < -0.4 is 9.62 Å². The van der Waals surface area contributed by atoms with E-state index in [9.17, 15) is 18.0 Å². The summed E-state index contributed by atoms with van der Waals surface area (Å²) >= 11 is 12.3. The Bertz CT molecular complexity index is 1400.